The van der Waals surface area contributed by atoms with Gasteiger partial charge >= 0.3 is 0 Å². The fourth-order valence-electron chi connectivity index (χ4n) is 1.60. The summed E-state index contributed by atoms with van der Waals surface area (Å²) >= 11 is 0. The zero-order chi connectivity index (χ0) is 11.6. The van der Waals surface area contributed by atoms with Crippen molar-refractivity contribution in [2.75, 3.05) is 6.54 Å². The summed E-state index contributed by atoms with van der Waals surface area (Å²) in [4.78, 5) is 13.8. The zero-order valence-corrected chi connectivity index (χ0v) is 9.38. The van der Waals surface area contributed by atoms with Crippen molar-refractivity contribution in [3.8, 4) is 0 Å². The third-order valence-corrected chi connectivity index (χ3v) is 3.99. The Balaban J connectivity index is 2.02. The summed E-state index contributed by atoms with van der Waals surface area (Å²) < 4.78 is 26.2. The molecule has 1 aliphatic heterocycles. The van der Waals surface area contributed by atoms with E-state index in [1.54, 1.807) is 6.20 Å². The van der Waals surface area contributed by atoms with Crippen molar-refractivity contribution in [1.82, 2.24) is 15.0 Å². The van der Waals surface area contributed by atoms with E-state index in [-0.39, 0.29) is 16.8 Å². The first-order valence-corrected chi connectivity index (χ1v) is 6.48. The predicted molar refractivity (Wildman–Crippen MR) is 57.1 cm³/mol. The minimum absolute atomic E-state index is 0.0305. The Morgan fingerprint density at radius 3 is 2.81 bits per heavy atom. The van der Waals surface area contributed by atoms with Crippen molar-refractivity contribution in [3.05, 3.63) is 18.5 Å². The number of aromatic nitrogens is 1. The second kappa shape index (κ2) is 4.26. The van der Waals surface area contributed by atoms with E-state index >= 15 is 0 Å². The summed E-state index contributed by atoms with van der Waals surface area (Å²) in [7, 11) is -3.47. The molecule has 1 amide bonds. The van der Waals surface area contributed by atoms with Gasteiger partial charge in [-0.2, -0.15) is 0 Å². The molecule has 0 aliphatic carbocycles. The Kier molecular flexibility index (Phi) is 2.97. The van der Waals surface area contributed by atoms with Gasteiger partial charge in [0.05, 0.1) is 4.90 Å². The molecule has 0 aromatic carbocycles. The Hall–Kier alpha value is -1.34. The molecule has 1 aliphatic rings. The Labute approximate surface area is 93.5 Å². The van der Waals surface area contributed by atoms with Gasteiger partial charge in [-0.15, -0.1) is 0 Å². The van der Waals surface area contributed by atoms with Crippen LogP contribution in [0.2, 0.25) is 0 Å². The molecule has 1 fully saturated rings. The van der Waals surface area contributed by atoms with Gasteiger partial charge in [0.25, 0.3) is 0 Å². The van der Waals surface area contributed by atoms with Crippen molar-refractivity contribution >= 4 is 15.9 Å². The van der Waals surface area contributed by atoms with Crippen molar-refractivity contribution in [1.29, 1.82) is 0 Å². The van der Waals surface area contributed by atoms with Crippen molar-refractivity contribution < 1.29 is 13.2 Å². The molecule has 16 heavy (non-hydrogen) atoms. The van der Waals surface area contributed by atoms with Crippen LogP contribution in [0.4, 0.5) is 0 Å². The van der Waals surface area contributed by atoms with Crippen LogP contribution in [0.3, 0.4) is 0 Å². The van der Waals surface area contributed by atoms with Crippen LogP contribution < -0.4 is 10.0 Å². The molecule has 1 aromatic heterocycles. The normalized spacial score (nSPS) is 21.8. The third kappa shape index (κ3) is 2.42. The molecule has 88 valence electrons. The Morgan fingerprint density at radius 2 is 2.25 bits per heavy atom. The van der Waals surface area contributed by atoms with Crippen molar-refractivity contribution in [2.24, 2.45) is 0 Å². The van der Waals surface area contributed by atoms with Gasteiger partial charge in [-0.3, -0.25) is 4.79 Å². The molecule has 2 heterocycles. The number of aromatic amines is 1. The van der Waals surface area contributed by atoms with E-state index in [0.717, 1.165) is 0 Å². The molecule has 0 saturated carbocycles. The Bertz CT molecular complexity index is 456. The van der Waals surface area contributed by atoms with Crippen LogP contribution in [0.1, 0.15) is 12.8 Å². The molecule has 3 N–H and O–H groups in total. The highest BCUT2D eigenvalue weighted by atomic mass is 32.2. The topological polar surface area (TPSA) is 91.1 Å². The second-order valence-corrected chi connectivity index (χ2v) is 5.42. The molecule has 1 aromatic rings. The largest absolute Gasteiger partial charge is 0.366 e. The molecule has 1 unspecified atom stereocenters. The summed E-state index contributed by atoms with van der Waals surface area (Å²) in [5, 5.41) is 2.63. The smallest absolute Gasteiger partial charge is 0.242 e. The maximum atomic E-state index is 11.8. The lowest BCUT2D eigenvalue weighted by Crippen LogP contribution is -2.47. The van der Waals surface area contributed by atoms with Gasteiger partial charge in [-0.05, 0) is 12.5 Å². The predicted octanol–water partition coefficient (Wildman–Crippen LogP) is -0.428. The monoisotopic (exact) mass is 243 g/mol. The van der Waals surface area contributed by atoms with E-state index in [4.69, 9.17) is 0 Å². The highest BCUT2D eigenvalue weighted by molar-refractivity contribution is 7.89. The molecule has 1 atom stereocenters. The number of rotatable bonds is 3. The lowest BCUT2D eigenvalue weighted by Gasteiger charge is -2.22. The molecular weight excluding hydrogens is 230 g/mol. The molecule has 1 saturated heterocycles. The number of carbonyl (C=O) groups excluding carboxylic acids is 1. The van der Waals surface area contributed by atoms with Crippen LogP contribution in [-0.4, -0.2) is 31.9 Å². The SMILES string of the molecule is O=C1CCC(NS(=O)(=O)c2cc[nH]c2)CN1. The maximum absolute atomic E-state index is 11.8. The summed E-state index contributed by atoms with van der Waals surface area (Å²) in [5.41, 5.74) is 0. The molecular formula is C9H13N3O3S. The standard InChI is InChI=1S/C9H13N3O3S/c13-9-2-1-7(5-11-9)12-16(14,15)8-3-4-10-6-8/h3-4,6-7,10,12H,1-2,5H2,(H,11,13). The van der Waals surface area contributed by atoms with Crippen LogP contribution in [0, 0.1) is 0 Å². The lowest BCUT2D eigenvalue weighted by atomic mass is 10.1. The summed E-state index contributed by atoms with van der Waals surface area (Å²) in [6.45, 7) is 0.350. The van der Waals surface area contributed by atoms with Crippen molar-refractivity contribution in [2.45, 2.75) is 23.8 Å². The fraction of sp³-hybridized carbons (Fsp3) is 0.444. The first kappa shape index (κ1) is 11.2. The molecule has 0 bridgehead atoms. The first-order chi connectivity index (χ1) is 7.58. The van der Waals surface area contributed by atoms with E-state index in [2.05, 4.69) is 15.0 Å². The fourth-order valence-corrected chi connectivity index (χ4v) is 2.84. The van der Waals surface area contributed by atoms with Gasteiger partial charge in [0.1, 0.15) is 0 Å². The summed E-state index contributed by atoms with van der Waals surface area (Å²) in [6.07, 6.45) is 3.87. The van der Waals surface area contributed by atoms with Gasteiger partial charge in [-0.1, -0.05) is 0 Å². The number of nitrogens with one attached hydrogen (secondary N) is 3. The Morgan fingerprint density at radius 1 is 1.44 bits per heavy atom. The van der Waals surface area contributed by atoms with Crippen LogP contribution >= 0.6 is 0 Å². The minimum Gasteiger partial charge on any atom is -0.366 e. The van der Waals surface area contributed by atoms with Crippen molar-refractivity contribution in [3.63, 3.8) is 0 Å². The summed E-state index contributed by atoms with van der Waals surface area (Å²) in [6, 6.07) is 1.27. The molecule has 0 radical (unpaired) electrons. The average molecular weight is 243 g/mol. The number of carbonyl (C=O) groups is 1. The highest BCUT2D eigenvalue weighted by Gasteiger charge is 2.24. The number of hydrogen-bond acceptors (Lipinski definition) is 3. The van der Waals surface area contributed by atoms with Gasteiger partial charge < -0.3 is 10.3 Å². The van der Waals surface area contributed by atoms with Crippen LogP contribution in [0.25, 0.3) is 0 Å². The zero-order valence-electron chi connectivity index (χ0n) is 8.56. The lowest BCUT2D eigenvalue weighted by molar-refractivity contribution is -0.122. The van der Waals surface area contributed by atoms with Gasteiger partial charge in [0, 0.05) is 31.4 Å². The quantitative estimate of drug-likeness (QED) is 0.673. The maximum Gasteiger partial charge on any atom is 0.242 e. The number of amides is 1. The number of piperidine rings is 1. The molecule has 6 nitrogen and oxygen atoms in total. The van der Waals surface area contributed by atoms with Gasteiger partial charge in [-0.25, -0.2) is 13.1 Å². The summed E-state index contributed by atoms with van der Waals surface area (Å²) in [5.74, 6) is -0.0305. The number of hydrogen-bond donors (Lipinski definition) is 3. The van der Waals surface area contributed by atoms with E-state index in [9.17, 15) is 13.2 Å². The second-order valence-electron chi connectivity index (χ2n) is 3.71. The van der Waals surface area contributed by atoms with E-state index in [0.29, 0.717) is 19.4 Å². The number of sulfonamides is 1. The average Bonchev–Trinajstić information content (AvgIpc) is 2.75. The van der Waals surface area contributed by atoms with E-state index in [1.807, 2.05) is 0 Å². The first-order valence-electron chi connectivity index (χ1n) is 5.00. The minimum atomic E-state index is -3.47. The van der Waals surface area contributed by atoms with Gasteiger partial charge in [0.15, 0.2) is 0 Å². The van der Waals surface area contributed by atoms with Gasteiger partial charge in [0.2, 0.25) is 15.9 Å². The van der Waals surface area contributed by atoms with Crippen LogP contribution in [-0.2, 0) is 14.8 Å². The number of H-pyrrole nitrogens is 1. The molecule has 0 spiro atoms. The van der Waals surface area contributed by atoms with Crippen LogP contribution in [0.15, 0.2) is 23.4 Å². The van der Waals surface area contributed by atoms with E-state index in [1.165, 1.54) is 12.3 Å². The molecule has 2 rings (SSSR count). The third-order valence-electron chi connectivity index (χ3n) is 2.47. The molecule has 7 heteroatoms. The highest BCUT2D eigenvalue weighted by Crippen LogP contribution is 2.10. The van der Waals surface area contributed by atoms with Crippen LogP contribution in [0.5, 0.6) is 0 Å². The van der Waals surface area contributed by atoms with E-state index < -0.39 is 10.0 Å².